The Bertz CT molecular complexity index is 734. The zero-order chi connectivity index (χ0) is 17.6. The molecule has 1 aliphatic heterocycles. The molecule has 0 amide bonds. The van der Waals surface area contributed by atoms with Crippen molar-refractivity contribution < 1.29 is 4.74 Å². The van der Waals surface area contributed by atoms with Gasteiger partial charge in [0.1, 0.15) is 5.75 Å². The summed E-state index contributed by atoms with van der Waals surface area (Å²) in [6.07, 6.45) is 2.18. The van der Waals surface area contributed by atoms with Crippen LogP contribution in [0.5, 0.6) is 5.75 Å². The van der Waals surface area contributed by atoms with E-state index < -0.39 is 0 Å². The monoisotopic (exact) mass is 355 g/mol. The number of hydrogen-bond acceptors (Lipinski definition) is 3. The van der Waals surface area contributed by atoms with Crippen LogP contribution in [0.3, 0.4) is 0 Å². The molecule has 0 aromatic heterocycles. The van der Waals surface area contributed by atoms with Gasteiger partial charge in [0, 0.05) is 36.6 Å². The second-order valence-electron chi connectivity index (χ2n) is 6.34. The molecule has 2 aromatic rings. The Labute approximate surface area is 155 Å². The van der Waals surface area contributed by atoms with Crippen molar-refractivity contribution in [3.8, 4) is 5.75 Å². The lowest BCUT2D eigenvalue weighted by Gasteiger charge is -2.25. The smallest absolute Gasteiger partial charge is 0.170 e. The molecule has 132 valence electrons. The Morgan fingerprint density at radius 2 is 2.08 bits per heavy atom. The predicted octanol–water partition coefficient (Wildman–Crippen LogP) is 3.82. The van der Waals surface area contributed by atoms with Crippen LogP contribution < -0.4 is 20.3 Å². The van der Waals surface area contributed by atoms with Gasteiger partial charge in [-0.05, 0) is 55.7 Å². The minimum atomic E-state index is 0.569. The fraction of sp³-hybridized carbons (Fsp3) is 0.350. The molecular weight excluding hydrogens is 330 g/mol. The summed E-state index contributed by atoms with van der Waals surface area (Å²) >= 11 is 5.37. The number of hydrogen-bond donors (Lipinski definition) is 2. The lowest BCUT2D eigenvalue weighted by atomic mass is 10.1. The minimum absolute atomic E-state index is 0.569. The highest BCUT2D eigenvalue weighted by molar-refractivity contribution is 7.80. The number of benzene rings is 2. The van der Waals surface area contributed by atoms with Crippen molar-refractivity contribution in [3.05, 3.63) is 54.1 Å². The fourth-order valence-corrected chi connectivity index (χ4v) is 3.52. The van der Waals surface area contributed by atoms with Crippen LogP contribution in [-0.4, -0.2) is 31.4 Å². The maximum Gasteiger partial charge on any atom is 0.170 e. The van der Waals surface area contributed by atoms with Gasteiger partial charge in [-0.3, -0.25) is 0 Å². The molecule has 2 aromatic carbocycles. The Hall–Kier alpha value is -2.27. The van der Waals surface area contributed by atoms with Gasteiger partial charge in [-0.15, -0.1) is 0 Å². The van der Waals surface area contributed by atoms with Gasteiger partial charge in [0.15, 0.2) is 5.11 Å². The maximum atomic E-state index is 5.37. The van der Waals surface area contributed by atoms with Gasteiger partial charge in [0.2, 0.25) is 0 Å². The van der Waals surface area contributed by atoms with E-state index in [-0.39, 0.29) is 0 Å². The largest absolute Gasteiger partial charge is 0.497 e. The van der Waals surface area contributed by atoms with Crippen LogP contribution >= 0.6 is 12.2 Å². The van der Waals surface area contributed by atoms with Crippen LogP contribution in [-0.2, 0) is 6.42 Å². The van der Waals surface area contributed by atoms with Gasteiger partial charge in [-0.1, -0.05) is 24.3 Å². The number of ether oxygens (including phenoxy) is 1. The lowest BCUT2D eigenvalue weighted by Crippen LogP contribution is -2.34. The predicted molar refractivity (Wildman–Crippen MR) is 109 cm³/mol. The Kier molecular flexibility index (Phi) is 5.76. The lowest BCUT2D eigenvalue weighted by molar-refractivity contribution is 0.415. The molecule has 4 nitrogen and oxygen atoms in total. The molecule has 1 heterocycles. The van der Waals surface area contributed by atoms with Crippen molar-refractivity contribution in [2.24, 2.45) is 0 Å². The summed E-state index contributed by atoms with van der Waals surface area (Å²) in [7, 11) is 1.66. The van der Waals surface area contributed by atoms with E-state index in [1.165, 1.54) is 11.3 Å². The second kappa shape index (κ2) is 8.21. The summed E-state index contributed by atoms with van der Waals surface area (Å²) in [4.78, 5) is 2.50. The number of anilines is 2. The highest BCUT2D eigenvalue weighted by atomic mass is 32.1. The van der Waals surface area contributed by atoms with E-state index in [4.69, 9.17) is 17.0 Å². The zero-order valence-electron chi connectivity index (χ0n) is 14.8. The van der Waals surface area contributed by atoms with E-state index in [1.54, 1.807) is 7.11 Å². The molecule has 0 fully saturated rings. The molecule has 2 N–H and O–H groups in total. The summed E-state index contributed by atoms with van der Waals surface area (Å²) in [5.41, 5.74) is 3.77. The number of para-hydroxylation sites is 1. The van der Waals surface area contributed by atoms with Gasteiger partial charge in [-0.25, -0.2) is 0 Å². The Morgan fingerprint density at radius 3 is 2.92 bits per heavy atom. The summed E-state index contributed by atoms with van der Waals surface area (Å²) in [6.45, 7) is 4.18. The van der Waals surface area contributed by atoms with E-state index in [2.05, 4.69) is 46.7 Å². The summed E-state index contributed by atoms with van der Waals surface area (Å²) in [5, 5.41) is 7.12. The fourth-order valence-electron chi connectivity index (χ4n) is 3.30. The Morgan fingerprint density at radius 1 is 1.24 bits per heavy atom. The quantitative estimate of drug-likeness (QED) is 0.608. The van der Waals surface area contributed by atoms with Crippen molar-refractivity contribution in [3.63, 3.8) is 0 Å². The third-order valence-electron chi connectivity index (χ3n) is 4.54. The van der Waals surface area contributed by atoms with Crippen LogP contribution in [0.4, 0.5) is 11.4 Å². The summed E-state index contributed by atoms with van der Waals surface area (Å²) in [6, 6.07) is 17.0. The standard InChI is InChI=1S/C20H25N3OS/c1-15-13-16-7-3-4-10-19(16)23(15)12-6-11-21-20(25)22-17-8-5-9-18(14-17)24-2/h3-5,7-10,14-15H,6,11-13H2,1-2H3,(H2,21,22,25). The van der Waals surface area contributed by atoms with Gasteiger partial charge in [0.05, 0.1) is 7.11 Å². The van der Waals surface area contributed by atoms with Gasteiger partial charge in [0.25, 0.3) is 0 Å². The molecule has 0 radical (unpaired) electrons. The van der Waals surface area contributed by atoms with Crippen molar-refractivity contribution in [1.29, 1.82) is 0 Å². The van der Waals surface area contributed by atoms with Crippen molar-refractivity contribution in [2.75, 3.05) is 30.4 Å². The average molecular weight is 356 g/mol. The molecule has 5 heteroatoms. The normalized spacial score (nSPS) is 15.6. The van der Waals surface area contributed by atoms with Crippen molar-refractivity contribution >= 4 is 28.7 Å². The molecule has 0 aliphatic carbocycles. The van der Waals surface area contributed by atoms with E-state index in [9.17, 15) is 0 Å². The molecule has 0 saturated heterocycles. The number of rotatable bonds is 6. The number of fused-ring (bicyclic) bond motifs is 1. The first-order valence-electron chi connectivity index (χ1n) is 8.71. The van der Waals surface area contributed by atoms with Gasteiger partial charge in [-0.2, -0.15) is 0 Å². The molecule has 0 saturated carbocycles. The molecule has 1 atom stereocenters. The molecule has 25 heavy (non-hydrogen) atoms. The van der Waals surface area contributed by atoms with Crippen LogP contribution in [0.1, 0.15) is 18.9 Å². The molecular formula is C20H25N3OS. The number of nitrogens with one attached hydrogen (secondary N) is 2. The topological polar surface area (TPSA) is 36.5 Å². The first kappa shape index (κ1) is 17.5. The van der Waals surface area contributed by atoms with Crippen LogP contribution in [0.15, 0.2) is 48.5 Å². The van der Waals surface area contributed by atoms with Crippen molar-refractivity contribution in [1.82, 2.24) is 5.32 Å². The van der Waals surface area contributed by atoms with E-state index in [0.717, 1.165) is 37.4 Å². The second-order valence-corrected chi connectivity index (χ2v) is 6.75. The maximum absolute atomic E-state index is 5.37. The number of thiocarbonyl (C=S) groups is 1. The first-order valence-corrected chi connectivity index (χ1v) is 9.11. The minimum Gasteiger partial charge on any atom is -0.497 e. The van der Waals surface area contributed by atoms with Crippen LogP contribution in [0.25, 0.3) is 0 Å². The molecule has 1 unspecified atom stereocenters. The van der Waals surface area contributed by atoms with E-state index in [0.29, 0.717) is 11.2 Å². The highest BCUT2D eigenvalue weighted by Gasteiger charge is 2.24. The molecule has 1 aliphatic rings. The molecule has 0 spiro atoms. The van der Waals surface area contributed by atoms with E-state index >= 15 is 0 Å². The van der Waals surface area contributed by atoms with Crippen LogP contribution in [0, 0.1) is 0 Å². The average Bonchev–Trinajstić information content (AvgIpc) is 2.94. The zero-order valence-corrected chi connectivity index (χ0v) is 15.6. The molecule has 0 bridgehead atoms. The third kappa shape index (κ3) is 4.42. The van der Waals surface area contributed by atoms with Gasteiger partial charge < -0.3 is 20.3 Å². The summed E-state index contributed by atoms with van der Waals surface area (Å²) < 4.78 is 5.22. The van der Waals surface area contributed by atoms with E-state index in [1.807, 2.05) is 24.3 Å². The number of nitrogens with zero attached hydrogens (tertiary/aromatic N) is 1. The first-order chi connectivity index (χ1) is 12.2. The van der Waals surface area contributed by atoms with Crippen molar-refractivity contribution in [2.45, 2.75) is 25.8 Å². The summed E-state index contributed by atoms with van der Waals surface area (Å²) in [5.74, 6) is 0.814. The number of methoxy groups -OCH3 is 1. The highest BCUT2D eigenvalue weighted by Crippen LogP contribution is 2.31. The Balaban J connectivity index is 1.43. The SMILES string of the molecule is COc1cccc(NC(=S)NCCCN2c3ccccc3CC2C)c1. The third-order valence-corrected chi connectivity index (χ3v) is 4.78. The van der Waals surface area contributed by atoms with Gasteiger partial charge >= 0.3 is 0 Å². The molecule has 3 rings (SSSR count). The van der Waals surface area contributed by atoms with Crippen LogP contribution in [0.2, 0.25) is 0 Å².